The first-order valence-corrected chi connectivity index (χ1v) is 12.6. The van der Waals surface area contributed by atoms with Gasteiger partial charge in [-0.05, 0) is 42.5 Å². The van der Waals surface area contributed by atoms with Gasteiger partial charge < -0.3 is 19.7 Å². The third-order valence-corrected chi connectivity index (χ3v) is 9.40. The van der Waals surface area contributed by atoms with Crippen LogP contribution >= 0.6 is 0 Å². The molecule has 4 aliphatic rings. The first kappa shape index (κ1) is 24.9. The molecular weight excluding hydrogens is 460 g/mol. The van der Waals surface area contributed by atoms with Crippen molar-refractivity contribution in [3.8, 4) is 0 Å². The number of aliphatic hydroxyl groups is 2. The van der Waals surface area contributed by atoms with Gasteiger partial charge in [-0.15, -0.1) is 0 Å². The maximum absolute atomic E-state index is 13.2. The number of hydrogen-bond donors (Lipinski definition) is 2. The largest absolute Gasteiger partial charge is 0.458 e. The maximum Gasteiger partial charge on any atom is 0.338 e. The molecule has 0 aromatic heterocycles. The molecule has 0 amide bonds. The predicted molar refractivity (Wildman–Crippen MR) is 131 cm³/mol. The minimum Gasteiger partial charge on any atom is -0.458 e. The number of hydrogen-bond acceptors (Lipinski definition) is 7. The van der Waals surface area contributed by atoms with E-state index in [9.17, 15) is 24.6 Å². The van der Waals surface area contributed by atoms with Crippen LogP contribution in [0.3, 0.4) is 0 Å². The van der Waals surface area contributed by atoms with Gasteiger partial charge in [0.1, 0.15) is 17.8 Å². The van der Waals surface area contributed by atoms with Crippen molar-refractivity contribution >= 4 is 17.7 Å². The first-order chi connectivity index (χ1) is 16.8. The van der Waals surface area contributed by atoms with Crippen molar-refractivity contribution in [1.82, 2.24) is 0 Å². The van der Waals surface area contributed by atoms with Gasteiger partial charge in [0.05, 0.1) is 11.2 Å². The summed E-state index contributed by atoms with van der Waals surface area (Å²) in [7, 11) is 0. The van der Waals surface area contributed by atoms with Gasteiger partial charge in [-0.3, -0.25) is 9.59 Å². The predicted octanol–water partition coefficient (Wildman–Crippen LogP) is 3.39. The molecule has 0 heterocycles. The molecule has 0 unspecified atom stereocenters. The molecule has 2 fully saturated rings. The van der Waals surface area contributed by atoms with Crippen LogP contribution in [-0.4, -0.2) is 51.3 Å². The summed E-state index contributed by atoms with van der Waals surface area (Å²) in [5.74, 6) is -3.25. The Morgan fingerprint density at radius 2 is 1.78 bits per heavy atom. The van der Waals surface area contributed by atoms with Gasteiger partial charge in [0.25, 0.3) is 0 Å². The van der Waals surface area contributed by atoms with E-state index in [1.54, 1.807) is 43.3 Å². The number of Topliss-reactive ketones (excluding diaryl/α,β-unsaturated/α-hetero) is 1. The Morgan fingerprint density at radius 1 is 1.11 bits per heavy atom. The molecular formula is C29H34O7. The Kier molecular flexibility index (Phi) is 5.44. The molecule has 0 spiro atoms. The minimum atomic E-state index is -1.84. The van der Waals surface area contributed by atoms with E-state index in [1.165, 1.54) is 6.92 Å². The van der Waals surface area contributed by atoms with Crippen molar-refractivity contribution in [3.63, 3.8) is 0 Å². The normalized spacial score (nSPS) is 40.0. The number of esters is 2. The summed E-state index contributed by atoms with van der Waals surface area (Å²) in [6.45, 7) is 8.88. The van der Waals surface area contributed by atoms with Crippen LogP contribution in [0.5, 0.6) is 0 Å². The van der Waals surface area contributed by atoms with Crippen LogP contribution in [0, 0.1) is 29.1 Å². The highest BCUT2D eigenvalue weighted by Crippen LogP contribution is 2.76. The Labute approximate surface area is 211 Å². The molecule has 2 saturated carbocycles. The number of fused-ring (bicyclic) bond motifs is 5. The lowest BCUT2D eigenvalue weighted by molar-refractivity contribution is -0.186. The molecule has 0 saturated heterocycles. The zero-order chi connectivity index (χ0) is 26.3. The Morgan fingerprint density at radius 3 is 2.42 bits per heavy atom. The molecule has 36 heavy (non-hydrogen) atoms. The van der Waals surface area contributed by atoms with Crippen molar-refractivity contribution < 1.29 is 34.1 Å². The fourth-order valence-corrected chi connectivity index (χ4v) is 7.66. The van der Waals surface area contributed by atoms with Crippen LogP contribution in [0.1, 0.15) is 57.8 Å². The third-order valence-electron chi connectivity index (χ3n) is 9.40. The zero-order valence-electron chi connectivity index (χ0n) is 21.4. The van der Waals surface area contributed by atoms with Gasteiger partial charge in [-0.2, -0.15) is 0 Å². The average Bonchev–Trinajstić information content (AvgIpc) is 3.21. The number of carbonyl (C=O) groups excluding carboxylic acids is 3. The Hall–Kier alpha value is -2.77. The summed E-state index contributed by atoms with van der Waals surface area (Å²) in [6.07, 6.45) is 3.95. The SMILES string of the molecule is CC(=O)O[C@@]12C[C@@H](C)[C@@]3(O)[C@@H](C=C(COC(=O)c4ccccc4)C[C@]4(O)C(=O)C(C)=C[C@@H]34)[C@@H]1C2(C)C. The van der Waals surface area contributed by atoms with E-state index in [-0.39, 0.29) is 30.8 Å². The molecule has 1 aromatic rings. The highest BCUT2D eigenvalue weighted by molar-refractivity contribution is 6.04. The van der Waals surface area contributed by atoms with E-state index in [2.05, 4.69) is 0 Å². The monoisotopic (exact) mass is 494 g/mol. The van der Waals surface area contributed by atoms with Gasteiger partial charge >= 0.3 is 11.9 Å². The number of rotatable bonds is 4. The standard InChI is InChI=1S/C29H34O7/c1-16-11-22-27(33,24(16)31)14-19(15-35-25(32)20-9-7-6-8-10-20)12-21-23-26(4,5)28(23,36-18(3)30)13-17(2)29(21,22)34/h6-12,17,21-23,33-34H,13-15H2,1-5H3/t17-,21+,22-,23-,27-,28+,29-/m1/s1. The summed E-state index contributed by atoms with van der Waals surface area (Å²) in [6, 6.07) is 8.60. The summed E-state index contributed by atoms with van der Waals surface area (Å²) in [4.78, 5) is 38.0. The van der Waals surface area contributed by atoms with E-state index in [1.807, 2.05) is 26.8 Å². The van der Waals surface area contributed by atoms with E-state index < -0.39 is 45.8 Å². The number of ketones is 1. The van der Waals surface area contributed by atoms with Gasteiger partial charge in [0.15, 0.2) is 5.78 Å². The zero-order valence-corrected chi connectivity index (χ0v) is 21.4. The van der Waals surface area contributed by atoms with Gasteiger partial charge in [-0.25, -0.2) is 4.79 Å². The van der Waals surface area contributed by atoms with Crippen LogP contribution in [0.4, 0.5) is 0 Å². The molecule has 7 nitrogen and oxygen atoms in total. The third kappa shape index (κ3) is 3.21. The van der Waals surface area contributed by atoms with Crippen LogP contribution in [0.2, 0.25) is 0 Å². The summed E-state index contributed by atoms with van der Waals surface area (Å²) in [5.41, 5.74) is -3.08. The lowest BCUT2D eigenvalue weighted by Crippen LogP contribution is -2.61. The molecule has 2 N–H and O–H groups in total. The number of benzene rings is 1. The molecule has 0 aliphatic heterocycles. The topological polar surface area (TPSA) is 110 Å². The molecule has 1 aromatic carbocycles. The fraction of sp³-hybridized carbons (Fsp3) is 0.552. The van der Waals surface area contributed by atoms with Crippen LogP contribution < -0.4 is 0 Å². The molecule has 5 rings (SSSR count). The lowest BCUT2D eigenvalue weighted by atomic mass is 9.60. The minimum absolute atomic E-state index is 0.0499. The van der Waals surface area contributed by atoms with Crippen molar-refractivity contribution in [3.05, 3.63) is 59.2 Å². The van der Waals surface area contributed by atoms with Gasteiger partial charge in [0.2, 0.25) is 0 Å². The molecule has 4 aliphatic carbocycles. The van der Waals surface area contributed by atoms with Crippen LogP contribution in [-0.2, 0) is 19.1 Å². The molecule has 0 radical (unpaired) electrons. The van der Waals surface area contributed by atoms with E-state index in [0.717, 1.165) is 0 Å². The van der Waals surface area contributed by atoms with Crippen LogP contribution in [0.15, 0.2) is 53.6 Å². The van der Waals surface area contributed by atoms with E-state index >= 15 is 0 Å². The van der Waals surface area contributed by atoms with Gasteiger partial charge in [0, 0.05) is 36.5 Å². The van der Waals surface area contributed by atoms with Gasteiger partial charge in [-0.1, -0.05) is 51.1 Å². The Balaban J connectivity index is 1.57. The Bertz CT molecular complexity index is 1200. The van der Waals surface area contributed by atoms with Crippen molar-refractivity contribution in [2.45, 2.75) is 64.3 Å². The molecule has 0 bridgehead atoms. The van der Waals surface area contributed by atoms with E-state index in [0.29, 0.717) is 23.1 Å². The fourth-order valence-electron chi connectivity index (χ4n) is 7.66. The molecule has 7 heteroatoms. The second-order valence-corrected chi connectivity index (χ2v) is 11.7. The van der Waals surface area contributed by atoms with Crippen molar-refractivity contribution in [2.75, 3.05) is 6.61 Å². The summed E-state index contributed by atoms with van der Waals surface area (Å²) in [5, 5.41) is 24.2. The van der Waals surface area contributed by atoms with Crippen LogP contribution in [0.25, 0.3) is 0 Å². The maximum atomic E-state index is 13.2. The number of carbonyl (C=O) groups is 3. The smallest absolute Gasteiger partial charge is 0.338 e. The summed E-state index contributed by atoms with van der Waals surface area (Å²) < 4.78 is 11.5. The second kappa shape index (κ2) is 7.86. The second-order valence-electron chi connectivity index (χ2n) is 11.7. The number of ether oxygens (including phenoxy) is 2. The summed E-state index contributed by atoms with van der Waals surface area (Å²) >= 11 is 0. The average molecular weight is 495 g/mol. The molecule has 192 valence electrons. The van der Waals surface area contributed by atoms with Crippen molar-refractivity contribution in [1.29, 1.82) is 0 Å². The van der Waals surface area contributed by atoms with E-state index in [4.69, 9.17) is 9.47 Å². The highest BCUT2D eigenvalue weighted by Gasteiger charge is 2.83. The lowest BCUT2D eigenvalue weighted by Gasteiger charge is -2.50. The molecule has 7 atom stereocenters. The first-order valence-electron chi connectivity index (χ1n) is 12.6. The van der Waals surface area contributed by atoms with Crippen molar-refractivity contribution in [2.24, 2.45) is 29.1 Å². The highest BCUT2D eigenvalue weighted by atomic mass is 16.6. The quantitative estimate of drug-likeness (QED) is 0.488.